The van der Waals surface area contributed by atoms with E-state index in [1.54, 1.807) is 12.1 Å². The minimum Gasteiger partial charge on any atom is -0.390 e. The van der Waals surface area contributed by atoms with E-state index in [4.69, 9.17) is 5.73 Å². The van der Waals surface area contributed by atoms with Gasteiger partial charge in [-0.1, -0.05) is 12.1 Å². The number of nitrogens with zero attached hydrogens (tertiary/aromatic N) is 1. The summed E-state index contributed by atoms with van der Waals surface area (Å²) in [5, 5.41) is 9.64. The molecule has 20 heavy (non-hydrogen) atoms. The molecule has 0 bridgehead atoms. The van der Waals surface area contributed by atoms with Gasteiger partial charge in [0.1, 0.15) is 11.9 Å². The fourth-order valence-corrected chi connectivity index (χ4v) is 2.31. The maximum Gasteiger partial charge on any atom is 0.242 e. The highest BCUT2D eigenvalue weighted by Gasteiger charge is 2.39. The van der Waals surface area contributed by atoms with E-state index in [1.165, 1.54) is 23.5 Å². The van der Waals surface area contributed by atoms with E-state index in [1.807, 2.05) is 0 Å². The van der Waals surface area contributed by atoms with Crippen molar-refractivity contribution in [3.8, 4) is 0 Å². The Kier molecular flexibility index (Phi) is 4.34. The first kappa shape index (κ1) is 14.5. The Balaban J connectivity index is 1.94. The van der Waals surface area contributed by atoms with Crippen LogP contribution in [0.5, 0.6) is 0 Å². The smallest absolute Gasteiger partial charge is 0.242 e. The fraction of sp³-hybridized carbons (Fsp3) is 0.357. The molecular weight excluding hydrogens is 263 g/mol. The number of hydrogen-bond donors (Lipinski definition) is 2. The van der Waals surface area contributed by atoms with Crippen LogP contribution in [0.15, 0.2) is 24.3 Å². The van der Waals surface area contributed by atoms with Gasteiger partial charge in [-0.25, -0.2) is 4.39 Å². The largest absolute Gasteiger partial charge is 0.390 e. The van der Waals surface area contributed by atoms with Crippen molar-refractivity contribution in [3.05, 3.63) is 42.1 Å². The van der Waals surface area contributed by atoms with E-state index in [2.05, 4.69) is 0 Å². The second-order valence-corrected chi connectivity index (χ2v) is 4.77. The minimum absolute atomic E-state index is 0.299. The standard InChI is InChI=1S/C14H16FN2O3/c15-10-4-1-9(2-5-10)3-6-12(19)17-8-7-11(18)13(17)14(16)20/h1-2,4-6,11,13,18H,3,7-8H2,(H2,16,20). The van der Waals surface area contributed by atoms with Crippen LogP contribution in [0.2, 0.25) is 0 Å². The molecule has 5 nitrogen and oxygen atoms in total. The van der Waals surface area contributed by atoms with Gasteiger partial charge >= 0.3 is 0 Å². The van der Waals surface area contributed by atoms with Gasteiger partial charge in [-0.05, 0) is 30.5 Å². The lowest BCUT2D eigenvalue weighted by atomic mass is 10.1. The molecule has 2 unspecified atom stereocenters. The molecule has 0 aromatic heterocycles. The average Bonchev–Trinajstić information content (AvgIpc) is 2.80. The number of aliphatic hydroxyl groups is 1. The third kappa shape index (κ3) is 3.14. The molecule has 1 fully saturated rings. The second kappa shape index (κ2) is 6.00. The van der Waals surface area contributed by atoms with Crippen LogP contribution in [0, 0.1) is 12.2 Å². The molecule has 1 aliphatic heterocycles. The molecule has 1 aromatic rings. The molecule has 0 saturated carbocycles. The van der Waals surface area contributed by atoms with Gasteiger partial charge in [0.05, 0.1) is 12.5 Å². The Morgan fingerprint density at radius 2 is 2.05 bits per heavy atom. The Morgan fingerprint density at radius 3 is 2.65 bits per heavy atom. The van der Waals surface area contributed by atoms with Crippen molar-refractivity contribution in [2.45, 2.75) is 25.0 Å². The normalized spacial score (nSPS) is 22.0. The number of benzene rings is 1. The molecule has 0 aliphatic carbocycles. The van der Waals surface area contributed by atoms with Gasteiger partial charge in [-0.15, -0.1) is 0 Å². The van der Waals surface area contributed by atoms with E-state index in [0.717, 1.165) is 5.56 Å². The van der Waals surface area contributed by atoms with Crippen molar-refractivity contribution in [3.63, 3.8) is 0 Å². The number of aliphatic hydroxyl groups excluding tert-OH is 1. The number of halogens is 1. The molecule has 1 saturated heterocycles. The van der Waals surface area contributed by atoms with E-state index < -0.39 is 18.1 Å². The zero-order valence-electron chi connectivity index (χ0n) is 10.8. The average molecular weight is 279 g/mol. The maximum atomic E-state index is 12.7. The van der Waals surface area contributed by atoms with Crippen molar-refractivity contribution in [2.75, 3.05) is 6.54 Å². The Bertz CT molecular complexity index is 504. The molecule has 2 atom stereocenters. The highest BCUT2D eigenvalue weighted by molar-refractivity contribution is 5.91. The summed E-state index contributed by atoms with van der Waals surface area (Å²) in [6.45, 7) is 0.299. The highest BCUT2D eigenvalue weighted by Crippen LogP contribution is 2.19. The molecule has 1 aromatic carbocycles. The molecule has 1 heterocycles. The van der Waals surface area contributed by atoms with Crippen LogP contribution in [0.25, 0.3) is 0 Å². The topological polar surface area (TPSA) is 83.6 Å². The first-order valence-electron chi connectivity index (χ1n) is 6.34. The molecule has 2 amide bonds. The highest BCUT2D eigenvalue weighted by atomic mass is 19.1. The van der Waals surface area contributed by atoms with Crippen molar-refractivity contribution in [1.82, 2.24) is 4.90 Å². The summed E-state index contributed by atoms with van der Waals surface area (Å²) in [5.41, 5.74) is 5.98. The van der Waals surface area contributed by atoms with Crippen LogP contribution >= 0.6 is 0 Å². The van der Waals surface area contributed by atoms with Gasteiger partial charge in [-0.2, -0.15) is 0 Å². The molecule has 6 heteroatoms. The van der Waals surface area contributed by atoms with Gasteiger partial charge < -0.3 is 15.7 Å². The quantitative estimate of drug-likeness (QED) is 0.815. The van der Waals surface area contributed by atoms with Gasteiger partial charge in [-0.3, -0.25) is 9.59 Å². The zero-order chi connectivity index (χ0) is 14.7. The van der Waals surface area contributed by atoms with Crippen molar-refractivity contribution in [2.24, 2.45) is 5.73 Å². The summed E-state index contributed by atoms with van der Waals surface area (Å²) in [6.07, 6.45) is 1.16. The van der Waals surface area contributed by atoms with Gasteiger partial charge in [0.25, 0.3) is 0 Å². The summed E-state index contributed by atoms with van der Waals surface area (Å²) in [7, 11) is 0. The lowest BCUT2D eigenvalue weighted by molar-refractivity contribution is -0.136. The zero-order valence-corrected chi connectivity index (χ0v) is 10.8. The predicted molar refractivity (Wildman–Crippen MR) is 69.7 cm³/mol. The van der Waals surface area contributed by atoms with Crippen molar-refractivity contribution < 1.29 is 19.1 Å². The Morgan fingerprint density at radius 1 is 1.40 bits per heavy atom. The number of rotatable bonds is 4. The number of nitrogens with two attached hydrogens (primary N) is 1. The summed E-state index contributed by atoms with van der Waals surface area (Å²) < 4.78 is 12.7. The van der Waals surface area contributed by atoms with Crippen LogP contribution in [-0.2, 0) is 16.0 Å². The lowest BCUT2D eigenvalue weighted by Gasteiger charge is -2.23. The molecule has 2 rings (SSSR count). The molecule has 3 N–H and O–H groups in total. The number of amides is 2. The summed E-state index contributed by atoms with van der Waals surface area (Å²) >= 11 is 0. The summed E-state index contributed by atoms with van der Waals surface area (Å²) in [4.78, 5) is 24.5. The van der Waals surface area contributed by atoms with E-state index in [-0.39, 0.29) is 11.7 Å². The van der Waals surface area contributed by atoms with E-state index in [0.29, 0.717) is 19.4 Å². The summed E-state index contributed by atoms with van der Waals surface area (Å²) in [5.74, 6) is -1.40. The van der Waals surface area contributed by atoms with Gasteiger partial charge in [0.15, 0.2) is 0 Å². The van der Waals surface area contributed by atoms with Crippen molar-refractivity contribution >= 4 is 11.8 Å². The molecular formula is C14H16FN2O3. The first-order chi connectivity index (χ1) is 9.49. The number of primary amides is 1. The second-order valence-electron chi connectivity index (χ2n) is 4.77. The van der Waals surface area contributed by atoms with Gasteiger partial charge in [0.2, 0.25) is 11.8 Å². The minimum atomic E-state index is -0.966. The molecule has 1 radical (unpaired) electrons. The van der Waals surface area contributed by atoms with E-state index >= 15 is 0 Å². The Labute approximate surface area is 116 Å². The van der Waals surface area contributed by atoms with Crippen molar-refractivity contribution in [1.29, 1.82) is 0 Å². The maximum absolute atomic E-state index is 12.7. The first-order valence-corrected chi connectivity index (χ1v) is 6.34. The van der Waals surface area contributed by atoms with Crippen LogP contribution in [0.1, 0.15) is 12.0 Å². The SMILES string of the molecule is NC(=O)C1C(O)CCN1C(=O)[CH]Cc1ccc(F)cc1. The monoisotopic (exact) mass is 279 g/mol. The van der Waals surface area contributed by atoms with Crippen LogP contribution < -0.4 is 5.73 Å². The lowest BCUT2D eigenvalue weighted by Crippen LogP contribution is -2.48. The molecule has 1 aliphatic rings. The fourth-order valence-electron chi connectivity index (χ4n) is 2.31. The third-order valence-corrected chi connectivity index (χ3v) is 3.37. The number of likely N-dealkylation sites (tertiary alicyclic amines) is 1. The third-order valence-electron chi connectivity index (χ3n) is 3.37. The molecule has 107 valence electrons. The molecule has 0 spiro atoms. The van der Waals surface area contributed by atoms with Gasteiger partial charge in [0, 0.05) is 6.54 Å². The van der Waals surface area contributed by atoms with Crippen LogP contribution in [0.3, 0.4) is 0 Å². The Hall–Kier alpha value is -1.95. The van der Waals surface area contributed by atoms with Crippen LogP contribution in [-0.4, -0.2) is 40.5 Å². The number of carbonyl (C=O) groups is 2. The number of carbonyl (C=O) groups excluding carboxylic acids is 2. The number of hydrogen-bond acceptors (Lipinski definition) is 3. The van der Waals surface area contributed by atoms with E-state index in [9.17, 15) is 19.1 Å². The summed E-state index contributed by atoms with van der Waals surface area (Å²) in [6, 6.07) is 4.85. The van der Waals surface area contributed by atoms with Crippen LogP contribution in [0.4, 0.5) is 4.39 Å². The predicted octanol–water partition coefficient (Wildman–Crippen LogP) is 0.0196.